The summed E-state index contributed by atoms with van der Waals surface area (Å²) in [6.45, 7) is 9.47. The van der Waals surface area contributed by atoms with Crippen molar-refractivity contribution < 1.29 is 14.3 Å². The molecule has 0 aliphatic carbocycles. The maximum absolute atomic E-state index is 13.1. The van der Waals surface area contributed by atoms with Gasteiger partial charge in [-0.25, -0.2) is 0 Å². The lowest BCUT2D eigenvalue weighted by Crippen LogP contribution is -2.47. The number of nitrogens with zero attached hydrogens (tertiary/aromatic N) is 1. The van der Waals surface area contributed by atoms with Crippen molar-refractivity contribution in [3.63, 3.8) is 0 Å². The summed E-state index contributed by atoms with van der Waals surface area (Å²) in [5, 5.41) is 2.95. The standard InChI is InChI=1S/C26H36N2O3/c1-5-6-17-27-26(30)22(4)28(19-23-11-8-7-10-21(23)3)25(29)12-9-18-31-24-15-13-20(2)14-16-24/h7-8,10-11,13-16,22H,5-6,9,12,17-19H2,1-4H3,(H,27,30)/t22-/m1/s1. The summed E-state index contributed by atoms with van der Waals surface area (Å²) in [5.41, 5.74) is 3.35. The molecule has 5 nitrogen and oxygen atoms in total. The molecule has 0 fully saturated rings. The number of amides is 2. The van der Waals surface area contributed by atoms with Crippen molar-refractivity contribution >= 4 is 11.8 Å². The van der Waals surface area contributed by atoms with Crippen LogP contribution < -0.4 is 10.1 Å². The van der Waals surface area contributed by atoms with Gasteiger partial charge in [-0.05, 0) is 56.9 Å². The number of aryl methyl sites for hydroxylation is 2. The second kappa shape index (κ2) is 12.8. The highest BCUT2D eigenvalue weighted by molar-refractivity contribution is 5.87. The lowest BCUT2D eigenvalue weighted by Gasteiger charge is -2.29. The van der Waals surface area contributed by atoms with Gasteiger partial charge in [-0.2, -0.15) is 0 Å². The summed E-state index contributed by atoms with van der Waals surface area (Å²) in [7, 11) is 0. The second-order valence-electron chi connectivity index (χ2n) is 8.03. The van der Waals surface area contributed by atoms with E-state index in [1.807, 2.05) is 62.4 Å². The van der Waals surface area contributed by atoms with Gasteiger partial charge in [0.05, 0.1) is 6.61 Å². The molecule has 0 aromatic heterocycles. The van der Waals surface area contributed by atoms with Gasteiger partial charge in [-0.1, -0.05) is 55.3 Å². The Bertz CT molecular complexity index is 833. The van der Waals surface area contributed by atoms with Crippen LogP contribution in [0.4, 0.5) is 0 Å². The molecule has 5 heteroatoms. The summed E-state index contributed by atoms with van der Waals surface area (Å²) >= 11 is 0. The molecule has 1 N–H and O–H groups in total. The number of benzene rings is 2. The molecule has 2 amide bonds. The first-order valence-corrected chi connectivity index (χ1v) is 11.2. The molecular formula is C26H36N2O3. The van der Waals surface area contributed by atoms with Crippen LogP contribution in [-0.4, -0.2) is 35.9 Å². The first kappa shape index (κ1) is 24.4. The number of rotatable bonds is 12. The van der Waals surface area contributed by atoms with E-state index < -0.39 is 6.04 Å². The van der Waals surface area contributed by atoms with Crippen molar-refractivity contribution in [2.24, 2.45) is 0 Å². The molecule has 0 saturated heterocycles. The Hall–Kier alpha value is -2.82. The van der Waals surface area contributed by atoms with Gasteiger partial charge in [-0.15, -0.1) is 0 Å². The van der Waals surface area contributed by atoms with E-state index in [2.05, 4.69) is 12.2 Å². The molecule has 168 valence electrons. The predicted molar refractivity (Wildman–Crippen MR) is 125 cm³/mol. The summed E-state index contributed by atoms with van der Waals surface area (Å²) in [5.74, 6) is 0.665. The van der Waals surface area contributed by atoms with Crippen LogP contribution in [0.3, 0.4) is 0 Å². The fourth-order valence-electron chi connectivity index (χ4n) is 3.28. The maximum Gasteiger partial charge on any atom is 0.242 e. The summed E-state index contributed by atoms with van der Waals surface area (Å²) in [6, 6.07) is 15.3. The van der Waals surface area contributed by atoms with E-state index >= 15 is 0 Å². The van der Waals surface area contributed by atoms with Gasteiger partial charge in [0.25, 0.3) is 0 Å². The number of nitrogens with one attached hydrogen (secondary N) is 1. The van der Waals surface area contributed by atoms with Gasteiger partial charge >= 0.3 is 0 Å². The fraction of sp³-hybridized carbons (Fsp3) is 0.462. The van der Waals surface area contributed by atoms with Crippen molar-refractivity contribution in [2.75, 3.05) is 13.2 Å². The highest BCUT2D eigenvalue weighted by atomic mass is 16.5. The number of hydrogen-bond donors (Lipinski definition) is 1. The second-order valence-corrected chi connectivity index (χ2v) is 8.03. The minimum Gasteiger partial charge on any atom is -0.494 e. The number of hydrogen-bond acceptors (Lipinski definition) is 3. The fourth-order valence-corrected chi connectivity index (χ4v) is 3.28. The van der Waals surface area contributed by atoms with Crippen LogP contribution in [0.15, 0.2) is 48.5 Å². The van der Waals surface area contributed by atoms with Gasteiger partial charge in [-0.3, -0.25) is 9.59 Å². The highest BCUT2D eigenvalue weighted by Gasteiger charge is 2.26. The minimum atomic E-state index is -0.526. The van der Waals surface area contributed by atoms with E-state index in [0.29, 0.717) is 32.5 Å². The molecule has 2 aromatic carbocycles. The number of ether oxygens (including phenoxy) is 1. The van der Waals surface area contributed by atoms with Crippen molar-refractivity contribution in [1.29, 1.82) is 0 Å². The Morgan fingerprint density at radius 1 is 1.03 bits per heavy atom. The number of carbonyl (C=O) groups is 2. The third-order valence-corrected chi connectivity index (χ3v) is 5.42. The zero-order valence-corrected chi connectivity index (χ0v) is 19.3. The minimum absolute atomic E-state index is 0.0334. The van der Waals surface area contributed by atoms with Crippen LogP contribution in [0, 0.1) is 13.8 Å². The Labute approximate surface area is 186 Å². The lowest BCUT2D eigenvalue weighted by atomic mass is 10.1. The molecule has 31 heavy (non-hydrogen) atoms. The zero-order chi connectivity index (χ0) is 22.6. The van der Waals surface area contributed by atoms with E-state index in [4.69, 9.17) is 4.74 Å². The molecule has 1 atom stereocenters. The van der Waals surface area contributed by atoms with E-state index in [0.717, 1.165) is 29.7 Å². The van der Waals surface area contributed by atoms with Crippen LogP contribution in [0.1, 0.15) is 56.2 Å². The van der Waals surface area contributed by atoms with Crippen LogP contribution in [0.25, 0.3) is 0 Å². The average molecular weight is 425 g/mol. The van der Waals surface area contributed by atoms with Crippen molar-refractivity contribution in [2.45, 2.75) is 66.0 Å². The predicted octanol–water partition coefficient (Wildman–Crippen LogP) is 4.80. The van der Waals surface area contributed by atoms with E-state index in [-0.39, 0.29) is 11.8 Å². The number of carbonyl (C=O) groups excluding carboxylic acids is 2. The molecular weight excluding hydrogens is 388 g/mol. The topological polar surface area (TPSA) is 58.6 Å². The Morgan fingerprint density at radius 3 is 2.42 bits per heavy atom. The Balaban J connectivity index is 1.98. The van der Waals surface area contributed by atoms with Crippen LogP contribution in [0.2, 0.25) is 0 Å². The summed E-state index contributed by atoms with van der Waals surface area (Å²) in [4.78, 5) is 27.4. The summed E-state index contributed by atoms with van der Waals surface area (Å²) < 4.78 is 5.75. The third kappa shape index (κ3) is 8.08. The normalized spacial score (nSPS) is 11.6. The molecule has 0 bridgehead atoms. The largest absolute Gasteiger partial charge is 0.494 e. The SMILES string of the molecule is CCCCNC(=O)[C@@H](C)N(Cc1ccccc1C)C(=O)CCCOc1ccc(C)cc1. The van der Waals surface area contributed by atoms with Gasteiger partial charge in [0.1, 0.15) is 11.8 Å². The first-order chi connectivity index (χ1) is 14.9. The van der Waals surface area contributed by atoms with E-state index in [1.54, 1.807) is 11.8 Å². The molecule has 0 spiro atoms. The van der Waals surface area contributed by atoms with Crippen molar-refractivity contribution in [3.05, 3.63) is 65.2 Å². The molecule has 2 rings (SSSR count). The number of unbranched alkanes of at least 4 members (excludes halogenated alkanes) is 1. The monoisotopic (exact) mass is 424 g/mol. The molecule has 0 aliphatic heterocycles. The molecule has 0 radical (unpaired) electrons. The van der Waals surface area contributed by atoms with Gasteiger partial charge in [0.15, 0.2) is 0 Å². The third-order valence-electron chi connectivity index (χ3n) is 5.42. The van der Waals surface area contributed by atoms with Crippen LogP contribution >= 0.6 is 0 Å². The average Bonchev–Trinajstić information content (AvgIpc) is 2.77. The molecule has 0 aliphatic rings. The van der Waals surface area contributed by atoms with E-state index in [9.17, 15) is 9.59 Å². The van der Waals surface area contributed by atoms with Crippen LogP contribution in [-0.2, 0) is 16.1 Å². The quantitative estimate of drug-likeness (QED) is 0.498. The molecule has 0 heterocycles. The lowest BCUT2D eigenvalue weighted by molar-refractivity contribution is -0.140. The molecule has 0 unspecified atom stereocenters. The van der Waals surface area contributed by atoms with Crippen LogP contribution in [0.5, 0.6) is 5.75 Å². The smallest absolute Gasteiger partial charge is 0.242 e. The maximum atomic E-state index is 13.1. The van der Waals surface area contributed by atoms with Gasteiger partial charge in [0.2, 0.25) is 11.8 Å². The van der Waals surface area contributed by atoms with Crippen molar-refractivity contribution in [3.8, 4) is 5.75 Å². The van der Waals surface area contributed by atoms with Gasteiger partial charge in [0, 0.05) is 19.5 Å². The van der Waals surface area contributed by atoms with Gasteiger partial charge < -0.3 is 15.0 Å². The zero-order valence-electron chi connectivity index (χ0n) is 19.3. The van der Waals surface area contributed by atoms with Crippen molar-refractivity contribution in [1.82, 2.24) is 10.2 Å². The first-order valence-electron chi connectivity index (χ1n) is 11.2. The Kier molecular flexibility index (Phi) is 10.1. The molecule has 2 aromatic rings. The highest BCUT2D eigenvalue weighted by Crippen LogP contribution is 2.16. The Morgan fingerprint density at radius 2 is 1.74 bits per heavy atom. The molecule has 0 saturated carbocycles. The van der Waals surface area contributed by atoms with E-state index in [1.165, 1.54) is 5.56 Å². The summed E-state index contributed by atoms with van der Waals surface area (Å²) in [6.07, 6.45) is 2.88.